The first-order chi connectivity index (χ1) is 9.40. The standard InChI is InChI=1S/C15H15N3S/c1-2-12-9-18-19-15(12)8-11(1)10-3-4-13-14(7-10)17-6-5-16-13/h1-4,7-8,16-18H,5-6,9H2. The van der Waals surface area contributed by atoms with Crippen LogP contribution in [0.4, 0.5) is 11.4 Å². The Balaban J connectivity index is 1.76. The quantitative estimate of drug-likeness (QED) is 0.694. The van der Waals surface area contributed by atoms with Crippen molar-refractivity contribution in [2.24, 2.45) is 0 Å². The van der Waals surface area contributed by atoms with Gasteiger partial charge in [0.25, 0.3) is 0 Å². The van der Waals surface area contributed by atoms with Crippen LogP contribution in [0.5, 0.6) is 0 Å². The first kappa shape index (κ1) is 11.2. The zero-order chi connectivity index (χ0) is 12.7. The summed E-state index contributed by atoms with van der Waals surface area (Å²) in [7, 11) is 0. The number of rotatable bonds is 1. The van der Waals surface area contributed by atoms with Crippen LogP contribution in [0, 0.1) is 0 Å². The molecule has 3 N–H and O–H groups in total. The molecule has 0 amide bonds. The molecular weight excluding hydrogens is 254 g/mol. The Morgan fingerprint density at radius 1 is 0.842 bits per heavy atom. The van der Waals surface area contributed by atoms with E-state index in [4.69, 9.17) is 0 Å². The minimum Gasteiger partial charge on any atom is -0.382 e. The molecule has 2 aliphatic rings. The van der Waals surface area contributed by atoms with Gasteiger partial charge >= 0.3 is 0 Å². The SMILES string of the molecule is c1cc2c(cc1-c1ccc3c(c1)SNC3)NCCN2. The third-order valence-electron chi connectivity index (χ3n) is 3.62. The van der Waals surface area contributed by atoms with E-state index in [0.29, 0.717) is 0 Å². The molecule has 2 heterocycles. The molecule has 0 aliphatic carbocycles. The van der Waals surface area contributed by atoms with Crippen LogP contribution in [0.1, 0.15) is 5.56 Å². The monoisotopic (exact) mass is 269 g/mol. The average molecular weight is 269 g/mol. The Morgan fingerprint density at radius 3 is 2.58 bits per heavy atom. The Kier molecular flexibility index (Phi) is 2.64. The number of nitrogens with one attached hydrogen (secondary N) is 3. The summed E-state index contributed by atoms with van der Waals surface area (Å²) in [6.07, 6.45) is 0. The predicted molar refractivity (Wildman–Crippen MR) is 81.6 cm³/mol. The van der Waals surface area contributed by atoms with Crippen molar-refractivity contribution in [1.29, 1.82) is 0 Å². The van der Waals surface area contributed by atoms with E-state index in [-0.39, 0.29) is 0 Å². The molecule has 0 fully saturated rings. The number of benzene rings is 2. The molecule has 19 heavy (non-hydrogen) atoms. The lowest BCUT2D eigenvalue weighted by molar-refractivity contribution is 0.995. The fraction of sp³-hybridized carbons (Fsp3) is 0.200. The zero-order valence-electron chi connectivity index (χ0n) is 10.5. The van der Waals surface area contributed by atoms with Crippen molar-refractivity contribution in [3.05, 3.63) is 42.0 Å². The average Bonchev–Trinajstić information content (AvgIpc) is 2.94. The van der Waals surface area contributed by atoms with Crippen LogP contribution in [0.3, 0.4) is 0 Å². The van der Waals surface area contributed by atoms with Gasteiger partial charge in [0.15, 0.2) is 0 Å². The van der Waals surface area contributed by atoms with E-state index < -0.39 is 0 Å². The summed E-state index contributed by atoms with van der Waals surface area (Å²) in [5, 5.41) is 6.85. The van der Waals surface area contributed by atoms with Crippen LogP contribution in [-0.4, -0.2) is 13.1 Å². The number of hydrogen-bond acceptors (Lipinski definition) is 4. The molecule has 0 aromatic heterocycles. The van der Waals surface area contributed by atoms with Gasteiger partial charge < -0.3 is 10.6 Å². The van der Waals surface area contributed by atoms with E-state index in [1.165, 1.54) is 33.0 Å². The molecule has 4 rings (SSSR count). The second kappa shape index (κ2) is 4.47. The lowest BCUT2D eigenvalue weighted by Crippen LogP contribution is -2.20. The highest BCUT2D eigenvalue weighted by Crippen LogP contribution is 2.34. The molecule has 0 radical (unpaired) electrons. The second-order valence-corrected chi connectivity index (χ2v) is 5.79. The van der Waals surface area contributed by atoms with Crippen molar-refractivity contribution in [3.63, 3.8) is 0 Å². The summed E-state index contributed by atoms with van der Waals surface area (Å²) in [5.74, 6) is 0. The highest BCUT2D eigenvalue weighted by Gasteiger charge is 2.13. The number of anilines is 2. The number of fused-ring (bicyclic) bond motifs is 2. The van der Waals surface area contributed by atoms with Crippen molar-refractivity contribution in [3.8, 4) is 11.1 Å². The van der Waals surface area contributed by atoms with Gasteiger partial charge in [0.1, 0.15) is 0 Å². The Hall–Kier alpha value is -1.65. The van der Waals surface area contributed by atoms with Gasteiger partial charge in [-0.2, -0.15) is 0 Å². The summed E-state index contributed by atoms with van der Waals surface area (Å²) < 4.78 is 3.31. The summed E-state index contributed by atoms with van der Waals surface area (Å²) in [6.45, 7) is 2.95. The molecule has 4 heteroatoms. The molecule has 0 unspecified atom stereocenters. The van der Waals surface area contributed by atoms with Crippen LogP contribution in [0.15, 0.2) is 41.3 Å². The minimum atomic E-state index is 0.968. The maximum atomic E-state index is 3.45. The molecule has 0 saturated carbocycles. The summed E-state index contributed by atoms with van der Waals surface area (Å²) in [6, 6.07) is 13.3. The lowest BCUT2D eigenvalue weighted by Gasteiger charge is -2.20. The van der Waals surface area contributed by atoms with Crippen molar-refractivity contribution in [1.82, 2.24) is 4.72 Å². The molecule has 2 aromatic carbocycles. The summed E-state index contributed by atoms with van der Waals surface area (Å²) >= 11 is 1.73. The van der Waals surface area contributed by atoms with Crippen LogP contribution in [-0.2, 0) is 6.54 Å². The van der Waals surface area contributed by atoms with E-state index in [1.807, 2.05) is 0 Å². The molecule has 96 valence electrons. The van der Waals surface area contributed by atoms with Crippen LogP contribution in [0.25, 0.3) is 11.1 Å². The predicted octanol–water partition coefficient (Wildman–Crippen LogP) is 3.30. The molecular formula is C15H15N3S. The first-order valence-electron chi connectivity index (χ1n) is 6.55. The topological polar surface area (TPSA) is 36.1 Å². The van der Waals surface area contributed by atoms with Gasteiger partial charge in [-0.15, -0.1) is 0 Å². The van der Waals surface area contributed by atoms with Gasteiger partial charge in [-0.1, -0.05) is 18.2 Å². The highest BCUT2D eigenvalue weighted by molar-refractivity contribution is 7.97. The summed E-state index contributed by atoms with van der Waals surface area (Å²) in [5.41, 5.74) is 6.35. The fourth-order valence-electron chi connectivity index (χ4n) is 2.59. The van der Waals surface area contributed by atoms with Crippen molar-refractivity contribution in [2.45, 2.75) is 11.4 Å². The third-order valence-corrected chi connectivity index (χ3v) is 4.51. The van der Waals surface area contributed by atoms with Crippen LogP contribution >= 0.6 is 11.9 Å². The third kappa shape index (κ3) is 1.97. The van der Waals surface area contributed by atoms with E-state index in [1.54, 1.807) is 11.9 Å². The van der Waals surface area contributed by atoms with Gasteiger partial charge in [0.2, 0.25) is 0 Å². The molecule has 2 aliphatic heterocycles. The highest BCUT2D eigenvalue weighted by atomic mass is 32.2. The lowest BCUT2D eigenvalue weighted by atomic mass is 10.0. The van der Waals surface area contributed by atoms with E-state index >= 15 is 0 Å². The molecule has 0 atom stereocenters. The van der Waals surface area contributed by atoms with E-state index in [2.05, 4.69) is 51.8 Å². The zero-order valence-corrected chi connectivity index (χ0v) is 11.3. The smallest absolute Gasteiger partial charge is 0.0582 e. The van der Waals surface area contributed by atoms with Crippen molar-refractivity contribution >= 4 is 23.3 Å². The molecule has 2 aromatic rings. The Labute approximate surface area is 116 Å². The normalized spacial score (nSPS) is 16.2. The van der Waals surface area contributed by atoms with Gasteiger partial charge in [-0.3, -0.25) is 4.72 Å². The van der Waals surface area contributed by atoms with Gasteiger partial charge in [0.05, 0.1) is 11.4 Å². The summed E-state index contributed by atoms with van der Waals surface area (Å²) in [4.78, 5) is 1.35. The molecule has 3 nitrogen and oxygen atoms in total. The molecule has 0 saturated heterocycles. The molecule has 0 bridgehead atoms. The van der Waals surface area contributed by atoms with E-state index in [9.17, 15) is 0 Å². The van der Waals surface area contributed by atoms with Gasteiger partial charge in [-0.25, -0.2) is 0 Å². The maximum absolute atomic E-state index is 3.45. The van der Waals surface area contributed by atoms with Crippen molar-refractivity contribution in [2.75, 3.05) is 23.7 Å². The van der Waals surface area contributed by atoms with Crippen molar-refractivity contribution < 1.29 is 0 Å². The fourth-order valence-corrected chi connectivity index (χ4v) is 3.43. The van der Waals surface area contributed by atoms with Gasteiger partial charge in [0, 0.05) is 24.5 Å². The van der Waals surface area contributed by atoms with Crippen LogP contribution in [0.2, 0.25) is 0 Å². The first-order valence-corrected chi connectivity index (χ1v) is 7.37. The van der Waals surface area contributed by atoms with Gasteiger partial charge in [-0.05, 0) is 46.8 Å². The Morgan fingerprint density at radius 2 is 1.63 bits per heavy atom. The second-order valence-electron chi connectivity index (χ2n) is 4.86. The van der Waals surface area contributed by atoms with Crippen LogP contribution < -0.4 is 15.4 Å². The Bertz CT molecular complexity index is 639. The maximum Gasteiger partial charge on any atom is 0.0582 e. The van der Waals surface area contributed by atoms with E-state index in [0.717, 1.165) is 19.6 Å². The number of hydrogen-bond donors (Lipinski definition) is 3. The molecule has 0 spiro atoms. The minimum absolute atomic E-state index is 0.968. The largest absolute Gasteiger partial charge is 0.382 e.